The van der Waals surface area contributed by atoms with Crippen LogP contribution < -0.4 is 5.54 Å². The van der Waals surface area contributed by atoms with Crippen molar-refractivity contribution in [1.29, 1.82) is 0 Å². The maximum Gasteiger partial charge on any atom is 0.335 e. The zero-order valence-electron chi connectivity index (χ0n) is 10.2. The van der Waals surface area contributed by atoms with Gasteiger partial charge in [0.15, 0.2) is 0 Å². The molecule has 0 bridgehead atoms. The summed E-state index contributed by atoms with van der Waals surface area (Å²) in [4.78, 5) is 10.7. The molecule has 0 atom stereocenters. The van der Waals surface area contributed by atoms with Gasteiger partial charge in [0, 0.05) is 6.04 Å². The van der Waals surface area contributed by atoms with Crippen molar-refractivity contribution in [3.8, 4) is 0 Å². The monoisotopic (exact) mass is 251 g/mol. The molecule has 18 heavy (non-hydrogen) atoms. The highest BCUT2D eigenvalue weighted by Gasteiger charge is 2.21. The van der Waals surface area contributed by atoms with Crippen LogP contribution in [0.1, 0.15) is 41.6 Å². The van der Waals surface area contributed by atoms with Crippen LogP contribution in [0.5, 0.6) is 0 Å². The van der Waals surface area contributed by atoms with Crippen LogP contribution in [0.3, 0.4) is 0 Å². The number of aromatic carboxylic acids is 1. The molecule has 1 aliphatic rings. The number of hydrogen-bond donors (Lipinski definition) is 2. The van der Waals surface area contributed by atoms with Gasteiger partial charge in [-0.1, -0.05) is 12.1 Å². The molecular weight excluding hydrogens is 233 g/mol. The average molecular weight is 251 g/mol. The van der Waals surface area contributed by atoms with Crippen molar-refractivity contribution in [1.82, 2.24) is 5.54 Å². The van der Waals surface area contributed by atoms with Gasteiger partial charge in [-0.15, -0.1) is 4.48 Å². The van der Waals surface area contributed by atoms with Crippen LogP contribution in [0, 0.1) is 5.92 Å². The molecule has 98 valence electrons. The lowest BCUT2D eigenvalue weighted by Gasteiger charge is -2.26. The molecule has 0 aromatic heterocycles. The molecule has 0 saturated heterocycles. The molecular formula is C14H18FNO2. The normalized spacial score (nSPS) is 23.8. The summed E-state index contributed by atoms with van der Waals surface area (Å²) >= 11 is 0. The Bertz CT molecular complexity index is 397. The second kappa shape index (κ2) is 5.96. The van der Waals surface area contributed by atoms with E-state index in [-0.39, 0.29) is 6.04 Å². The standard InChI is InChI=1S/C14H18FNO2/c15-16-13-7-3-11(4-8-13)9-10-1-5-12(6-2-10)14(17)18/h1-2,5-6,11,13,16H,3-4,7-9H2,(H,17,18). The lowest BCUT2D eigenvalue weighted by Crippen LogP contribution is -2.28. The van der Waals surface area contributed by atoms with Crippen molar-refractivity contribution in [2.24, 2.45) is 5.92 Å². The number of carboxylic acids is 1. The van der Waals surface area contributed by atoms with Crippen LogP contribution in [0.2, 0.25) is 0 Å². The Kier molecular flexibility index (Phi) is 4.31. The minimum absolute atomic E-state index is 0.0237. The lowest BCUT2D eigenvalue weighted by molar-refractivity contribution is 0.0697. The molecule has 1 saturated carbocycles. The van der Waals surface area contributed by atoms with Crippen LogP contribution in [0.4, 0.5) is 4.48 Å². The van der Waals surface area contributed by atoms with E-state index in [0.29, 0.717) is 11.5 Å². The van der Waals surface area contributed by atoms with Gasteiger partial charge in [0.1, 0.15) is 0 Å². The maximum atomic E-state index is 12.2. The number of hydrogen-bond acceptors (Lipinski definition) is 2. The first kappa shape index (κ1) is 13.0. The van der Waals surface area contributed by atoms with Gasteiger partial charge in [0.25, 0.3) is 0 Å². The first-order valence-corrected chi connectivity index (χ1v) is 6.37. The van der Waals surface area contributed by atoms with Crippen LogP contribution in [-0.2, 0) is 6.42 Å². The molecule has 2 rings (SSSR count). The van der Waals surface area contributed by atoms with Crippen LogP contribution in [-0.4, -0.2) is 17.1 Å². The third-order valence-electron chi connectivity index (χ3n) is 3.73. The van der Waals surface area contributed by atoms with Crippen molar-refractivity contribution < 1.29 is 14.4 Å². The molecule has 0 heterocycles. The van der Waals surface area contributed by atoms with E-state index >= 15 is 0 Å². The minimum Gasteiger partial charge on any atom is -0.478 e. The first-order valence-electron chi connectivity index (χ1n) is 6.37. The Morgan fingerprint density at radius 1 is 1.22 bits per heavy atom. The molecule has 0 aliphatic heterocycles. The Labute approximate surface area is 106 Å². The van der Waals surface area contributed by atoms with E-state index in [4.69, 9.17) is 5.11 Å². The van der Waals surface area contributed by atoms with Gasteiger partial charge in [-0.3, -0.25) is 0 Å². The minimum atomic E-state index is -0.893. The fourth-order valence-corrected chi connectivity index (χ4v) is 2.59. The van der Waals surface area contributed by atoms with Gasteiger partial charge in [-0.05, 0) is 55.7 Å². The van der Waals surface area contributed by atoms with E-state index < -0.39 is 5.97 Å². The van der Waals surface area contributed by atoms with Crippen LogP contribution in [0.15, 0.2) is 24.3 Å². The smallest absolute Gasteiger partial charge is 0.335 e. The molecule has 1 aromatic carbocycles. The Morgan fingerprint density at radius 2 is 1.83 bits per heavy atom. The summed E-state index contributed by atoms with van der Waals surface area (Å²) in [7, 11) is 0. The number of carboxylic acid groups (broad SMARTS) is 1. The summed E-state index contributed by atoms with van der Waals surface area (Å²) in [5.74, 6) is -0.304. The van der Waals surface area contributed by atoms with Crippen molar-refractivity contribution in [3.63, 3.8) is 0 Å². The van der Waals surface area contributed by atoms with Gasteiger partial charge in [-0.2, -0.15) is 5.54 Å². The average Bonchev–Trinajstić information content (AvgIpc) is 2.40. The molecule has 1 fully saturated rings. The number of rotatable bonds is 4. The van der Waals surface area contributed by atoms with Crippen molar-refractivity contribution >= 4 is 5.97 Å². The molecule has 2 N–H and O–H groups in total. The Hall–Kier alpha value is -1.42. The van der Waals surface area contributed by atoms with Gasteiger partial charge < -0.3 is 5.11 Å². The molecule has 4 heteroatoms. The zero-order chi connectivity index (χ0) is 13.0. The summed E-state index contributed by atoms with van der Waals surface area (Å²) in [5, 5.41) is 8.81. The van der Waals surface area contributed by atoms with E-state index in [9.17, 15) is 9.28 Å². The summed E-state index contributed by atoms with van der Waals surface area (Å²) in [6.07, 6.45) is 4.78. The summed E-state index contributed by atoms with van der Waals surface area (Å²) < 4.78 is 12.2. The van der Waals surface area contributed by atoms with E-state index in [2.05, 4.69) is 0 Å². The molecule has 0 amide bonds. The van der Waals surface area contributed by atoms with Gasteiger partial charge in [0.05, 0.1) is 5.56 Å². The van der Waals surface area contributed by atoms with Crippen molar-refractivity contribution in [2.45, 2.75) is 38.1 Å². The fraction of sp³-hybridized carbons (Fsp3) is 0.500. The van der Waals surface area contributed by atoms with Gasteiger partial charge in [0.2, 0.25) is 0 Å². The molecule has 3 nitrogen and oxygen atoms in total. The van der Waals surface area contributed by atoms with E-state index in [1.807, 2.05) is 17.7 Å². The highest BCUT2D eigenvalue weighted by molar-refractivity contribution is 5.87. The van der Waals surface area contributed by atoms with Crippen LogP contribution in [0.25, 0.3) is 0 Å². The summed E-state index contributed by atoms with van der Waals surface area (Å²) in [5.41, 5.74) is 3.33. The SMILES string of the molecule is O=C(O)c1ccc(CC2CCC(NF)CC2)cc1. The van der Waals surface area contributed by atoms with E-state index in [1.54, 1.807) is 12.1 Å². The highest BCUT2D eigenvalue weighted by atomic mass is 19.2. The topological polar surface area (TPSA) is 49.3 Å². The zero-order valence-corrected chi connectivity index (χ0v) is 10.2. The number of nitrogens with one attached hydrogen (secondary N) is 1. The van der Waals surface area contributed by atoms with E-state index in [0.717, 1.165) is 37.7 Å². The van der Waals surface area contributed by atoms with E-state index in [1.165, 1.54) is 0 Å². The first-order chi connectivity index (χ1) is 8.69. The molecule has 0 spiro atoms. The molecule has 0 unspecified atom stereocenters. The number of carbonyl (C=O) groups is 1. The molecule has 1 aromatic rings. The summed E-state index contributed by atoms with van der Waals surface area (Å²) in [6.45, 7) is 0. The predicted molar refractivity (Wildman–Crippen MR) is 67.1 cm³/mol. The second-order valence-electron chi connectivity index (χ2n) is 5.03. The number of benzene rings is 1. The second-order valence-corrected chi connectivity index (χ2v) is 5.03. The predicted octanol–water partition coefficient (Wildman–Crippen LogP) is 2.96. The lowest BCUT2D eigenvalue weighted by atomic mass is 9.82. The highest BCUT2D eigenvalue weighted by Crippen LogP contribution is 2.27. The maximum absolute atomic E-state index is 12.2. The fourth-order valence-electron chi connectivity index (χ4n) is 2.59. The molecule has 0 radical (unpaired) electrons. The molecule has 1 aliphatic carbocycles. The van der Waals surface area contributed by atoms with Crippen molar-refractivity contribution in [2.75, 3.05) is 0 Å². The van der Waals surface area contributed by atoms with Crippen LogP contribution >= 0.6 is 0 Å². The third-order valence-corrected chi connectivity index (χ3v) is 3.73. The summed E-state index contributed by atoms with van der Waals surface area (Å²) in [6, 6.07) is 7.07. The Balaban J connectivity index is 1.88. The third kappa shape index (κ3) is 3.29. The van der Waals surface area contributed by atoms with Gasteiger partial charge >= 0.3 is 5.97 Å². The quantitative estimate of drug-likeness (QED) is 0.809. The largest absolute Gasteiger partial charge is 0.478 e. The van der Waals surface area contributed by atoms with Crippen molar-refractivity contribution in [3.05, 3.63) is 35.4 Å². The Morgan fingerprint density at radius 3 is 2.33 bits per heavy atom. The van der Waals surface area contributed by atoms with Gasteiger partial charge in [-0.25, -0.2) is 4.79 Å². The number of halogens is 1.